The van der Waals surface area contributed by atoms with Gasteiger partial charge in [0, 0.05) is 28.2 Å². The fraction of sp³-hybridized carbons (Fsp3) is 0.795. The second kappa shape index (κ2) is 21.8. The number of ether oxygens (including phenoxy) is 2. The van der Waals surface area contributed by atoms with Gasteiger partial charge in [-0.3, -0.25) is 24.1 Å². The summed E-state index contributed by atoms with van der Waals surface area (Å²) in [4.78, 5) is 51.5. The van der Waals surface area contributed by atoms with Crippen molar-refractivity contribution in [1.82, 2.24) is 15.4 Å². The molecule has 55 heavy (non-hydrogen) atoms. The van der Waals surface area contributed by atoms with E-state index in [1.165, 1.54) is 51.4 Å². The second-order valence-corrected chi connectivity index (χ2v) is 18.4. The van der Waals surface area contributed by atoms with E-state index in [9.17, 15) is 14.4 Å². The van der Waals surface area contributed by atoms with Gasteiger partial charge in [0.25, 0.3) is 6.29 Å². The van der Waals surface area contributed by atoms with E-state index >= 15 is 0 Å². The van der Waals surface area contributed by atoms with E-state index in [1.807, 2.05) is 0 Å². The van der Waals surface area contributed by atoms with Gasteiger partial charge < -0.3 is 20.1 Å². The molecule has 0 bridgehead atoms. The molecule has 0 aliphatic carbocycles. The average Bonchev–Trinajstić information content (AvgIpc) is 3.08. The molecule has 2 heterocycles. The monoisotopic (exact) mass is 773 g/mol. The normalized spacial score (nSPS) is 20.5. The van der Waals surface area contributed by atoms with Crippen LogP contribution in [-0.2, 0) is 28.8 Å². The van der Waals surface area contributed by atoms with Crippen molar-refractivity contribution in [3.63, 3.8) is 0 Å². The van der Waals surface area contributed by atoms with Crippen LogP contribution in [0.1, 0.15) is 172 Å². The van der Waals surface area contributed by atoms with Crippen LogP contribution in [0.5, 0.6) is 5.75 Å². The minimum absolute atomic E-state index is 0.225. The lowest BCUT2D eigenvalue weighted by atomic mass is 9.79. The highest BCUT2D eigenvalue weighted by Gasteiger charge is 2.48. The van der Waals surface area contributed by atoms with E-state index in [4.69, 9.17) is 19.1 Å². The number of benzene rings is 1. The highest BCUT2D eigenvalue weighted by molar-refractivity contribution is 6.39. The van der Waals surface area contributed by atoms with E-state index in [1.54, 1.807) is 24.3 Å². The molecule has 11 nitrogen and oxygen atoms in total. The summed E-state index contributed by atoms with van der Waals surface area (Å²) in [5.41, 5.74) is -1.13. The number of unbranched alkanes of at least 4 members (excludes halogenated alkanes) is 10. The Morgan fingerprint density at radius 3 is 1.64 bits per heavy atom. The molecule has 1 atom stereocenters. The highest BCUT2D eigenvalue weighted by atomic mass is 16.7. The third-order valence-electron chi connectivity index (χ3n) is 10.9. The van der Waals surface area contributed by atoms with Crippen molar-refractivity contribution in [2.24, 2.45) is 0 Å². The van der Waals surface area contributed by atoms with Crippen LogP contribution in [-0.4, -0.2) is 82.0 Å². The number of hydrogen-bond donors (Lipinski definition) is 2. The Morgan fingerprint density at radius 1 is 0.691 bits per heavy atom. The molecule has 2 fully saturated rings. The van der Waals surface area contributed by atoms with Crippen LogP contribution in [0.15, 0.2) is 24.3 Å². The number of hydrogen-bond acceptors (Lipinski definition) is 9. The maximum absolute atomic E-state index is 13.3. The van der Waals surface area contributed by atoms with E-state index in [-0.39, 0.29) is 45.7 Å². The molecule has 2 N–H and O–H groups in total. The van der Waals surface area contributed by atoms with Crippen LogP contribution in [0.25, 0.3) is 0 Å². The van der Waals surface area contributed by atoms with E-state index in [0.717, 1.165) is 25.7 Å². The molecule has 314 valence electrons. The van der Waals surface area contributed by atoms with Gasteiger partial charge in [-0.25, -0.2) is 0 Å². The molecular weight excluding hydrogens is 697 g/mol. The van der Waals surface area contributed by atoms with Gasteiger partial charge in [0.2, 0.25) is 0 Å². The molecular formula is C44H76N4O7. The van der Waals surface area contributed by atoms with Gasteiger partial charge in [-0.1, -0.05) is 90.2 Å². The minimum atomic E-state index is -1.21. The van der Waals surface area contributed by atoms with Crippen LogP contribution in [0.3, 0.4) is 0 Å². The molecule has 1 aromatic carbocycles. The maximum atomic E-state index is 13.3. The quantitative estimate of drug-likeness (QED) is 0.0486. The molecule has 11 heteroatoms. The summed E-state index contributed by atoms with van der Waals surface area (Å²) in [5, 5.41) is 9.86. The van der Waals surface area contributed by atoms with Crippen molar-refractivity contribution in [2.75, 3.05) is 18.5 Å². The zero-order chi connectivity index (χ0) is 40.7. The molecule has 1 unspecified atom stereocenters. The number of nitrogens with one attached hydrogen (secondary N) is 2. The van der Waals surface area contributed by atoms with Gasteiger partial charge in [0.1, 0.15) is 5.75 Å². The molecule has 2 aliphatic heterocycles. The fourth-order valence-electron chi connectivity index (χ4n) is 8.91. The lowest BCUT2D eigenvalue weighted by Crippen LogP contribution is -2.64. The largest absolute Gasteiger partial charge is 0.456 e. The summed E-state index contributed by atoms with van der Waals surface area (Å²) < 4.78 is 12.3. The number of anilines is 1. The van der Waals surface area contributed by atoms with Gasteiger partial charge in [-0.2, -0.15) is 10.1 Å². The standard InChI is InChI=1S/C44H76N4O7/c1-11-13-15-17-19-23-27-52-47-41(3,4)29-34(30-42(47,5)6)45-39(50)40(51)46-36-25-21-22-26-37(36)55-38(33-49)54-35-31-43(7,8)48(44(9,10)32-35)53-28-24-20-18-16-14-12-2/h21-22,25-26,33-35,38H,11-20,23-24,27-32H2,1-10H3,(H,45,50)(H,46,51). The third-order valence-corrected chi connectivity index (χ3v) is 10.9. The Bertz CT molecular complexity index is 1300. The van der Waals surface area contributed by atoms with Gasteiger partial charge in [-0.05, 0) is 106 Å². The number of carbonyl (C=O) groups excluding carboxylic acids is 3. The zero-order valence-corrected chi connectivity index (χ0v) is 36.1. The van der Waals surface area contributed by atoms with Crippen molar-refractivity contribution < 1.29 is 33.5 Å². The number of rotatable bonds is 23. The number of piperidine rings is 2. The lowest BCUT2D eigenvalue weighted by molar-refractivity contribution is -0.300. The van der Waals surface area contributed by atoms with Gasteiger partial charge in [0.05, 0.1) is 25.0 Å². The zero-order valence-electron chi connectivity index (χ0n) is 36.1. The number of aldehydes is 1. The van der Waals surface area contributed by atoms with Gasteiger partial charge in [-0.15, -0.1) is 0 Å². The maximum Gasteiger partial charge on any atom is 0.313 e. The van der Waals surface area contributed by atoms with Crippen molar-refractivity contribution in [3.8, 4) is 5.75 Å². The molecule has 3 rings (SSSR count). The van der Waals surface area contributed by atoms with E-state index in [0.29, 0.717) is 45.2 Å². The topological polar surface area (TPSA) is 119 Å². The predicted octanol–water partition coefficient (Wildman–Crippen LogP) is 9.29. The Balaban J connectivity index is 1.54. The number of nitrogens with zero attached hydrogens (tertiary/aromatic N) is 2. The molecule has 0 saturated carbocycles. The smallest absolute Gasteiger partial charge is 0.313 e. The van der Waals surface area contributed by atoms with Crippen molar-refractivity contribution in [3.05, 3.63) is 24.3 Å². The first-order valence-electron chi connectivity index (χ1n) is 21.3. The van der Waals surface area contributed by atoms with Crippen molar-refractivity contribution >= 4 is 23.8 Å². The van der Waals surface area contributed by atoms with E-state index < -0.39 is 18.1 Å². The van der Waals surface area contributed by atoms with Crippen LogP contribution in [0, 0.1) is 0 Å². The average molecular weight is 773 g/mol. The summed E-state index contributed by atoms with van der Waals surface area (Å²) in [7, 11) is 0. The lowest BCUT2D eigenvalue weighted by Gasteiger charge is -2.53. The van der Waals surface area contributed by atoms with Crippen LogP contribution in [0.4, 0.5) is 5.69 Å². The number of amides is 2. The Hall–Kier alpha value is -2.57. The Labute approximate surface area is 333 Å². The first kappa shape index (κ1) is 46.8. The molecule has 0 radical (unpaired) electrons. The molecule has 2 aliphatic rings. The van der Waals surface area contributed by atoms with Crippen LogP contribution >= 0.6 is 0 Å². The number of para-hydroxylation sites is 2. The number of hydroxylamine groups is 4. The first-order valence-corrected chi connectivity index (χ1v) is 21.3. The fourth-order valence-corrected chi connectivity index (χ4v) is 8.91. The summed E-state index contributed by atoms with van der Waals surface area (Å²) in [6, 6.07) is 6.53. The van der Waals surface area contributed by atoms with E-state index in [2.05, 4.69) is 90.0 Å². The molecule has 0 spiro atoms. The number of carbonyl (C=O) groups is 3. The second-order valence-electron chi connectivity index (χ2n) is 18.4. The Morgan fingerprint density at radius 2 is 1.15 bits per heavy atom. The van der Waals surface area contributed by atoms with Crippen LogP contribution < -0.4 is 15.4 Å². The summed E-state index contributed by atoms with van der Waals surface area (Å²) in [5.74, 6) is -1.31. The SMILES string of the molecule is CCCCCCCCON1C(C)(C)CC(NC(=O)C(=O)Nc2ccccc2OC(C=O)OC2CC(C)(C)N(OCCCCCCCC)C(C)(C)C2)CC1(C)C. The van der Waals surface area contributed by atoms with Crippen molar-refractivity contribution in [2.45, 2.75) is 213 Å². The molecule has 2 amide bonds. The minimum Gasteiger partial charge on any atom is -0.456 e. The van der Waals surface area contributed by atoms with Crippen molar-refractivity contribution in [1.29, 1.82) is 0 Å². The molecule has 1 aromatic rings. The summed E-state index contributed by atoms with van der Waals surface area (Å²) in [6.45, 7) is 22.8. The highest BCUT2D eigenvalue weighted by Crippen LogP contribution is 2.41. The Kier molecular flexibility index (Phi) is 18.6. The third kappa shape index (κ3) is 14.7. The predicted molar refractivity (Wildman–Crippen MR) is 219 cm³/mol. The first-order chi connectivity index (χ1) is 26.0. The van der Waals surface area contributed by atoms with Crippen LogP contribution in [0.2, 0.25) is 0 Å². The van der Waals surface area contributed by atoms with Gasteiger partial charge in [0.15, 0.2) is 6.29 Å². The molecule has 2 saturated heterocycles. The summed E-state index contributed by atoms with van der Waals surface area (Å²) >= 11 is 0. The summed E-state index contributed by atoms with van der Waals surface area (Å²) in [6.07, 6.45) is 16.1. The van der Waals surface area contributed by atoms with Gasteiger partial charge >= 0.3 is 11.8 Å². The molecule has 0 aromatic heterocycles.